The highest BCUT2D eigenvalue weighted by atomic mass is 19.1. The van der Waals surface area contributed by atoms with E-state index in [1.54, 1.807) is 19.1 Å². The largest absolute Gasteiger partial charge is 0.494 e. The maximum Gasteiger partial charge on any atom is 0.330 e. The van der Waals surface area contributed by atoms with Crippen molar-refractivity contribution < 1.29 is 18.7 Å². The van der Waals surface area contributed by atoms with Crippen LogP contribution in [0.5, 0.6) is 5.75 Å². The molecule has 0 radical (unpaired) electrons. The van der Waals surface area contributed by atoms with Gasteiger partial charge in [-0.25, -0.2) is 9.18 Å². The Morgan fingerprint density at radius 2 is 2.05 bits per heavy atom. The summed E-state index contributed by atoms with van der Waals surface area (Å²) in [5.74, 6) is -0.672. The Morgan fingerprint density at radius 1 is 1.37 bits per heavy atom. The zero-order valence-corrected chi connectivity index (χ0v) is 10.8. The van der Waals surface area contributed by atoms with Gasteiger partial charge in [-0.1, -0.05) is 14.4 Å². The highest BCUT2D eigenvalue weighted by Crippen LogP contribution is 2.23. The maximum atomic E-state index is 13.6. The Bertz CT molecular complexity index is 453. The maximum absolute atomic E-state index is 13.6. The van der Waals surface area contributed by atoms with Gasteiger partial charge in [-0.2, -0.15) is 0 Å². The molecule has 0 fully saturated rings. The summed E-state index contributed by atoms with van der Waals surface area (Å²) in [5, 5.41) is 0. The lowest BCUT2D eigenvalue weighted by molar-refractivity contribution is -0.137. The second kappa shape index (κ2) is 8.29. The Morgan fingerprint density at radius 3 is 2.58 bits per heavy atom. The fraction of sp³-hybridized carbons (Fsp3) is 0.400. The van der Waals surface area contributed by atoms with Crippen LogP contribution in [0.25, 0.3) is 6.08 Å². The van der Waals surface area contributed by atoms with Crippen LogP contribution in [0.1, 0.15) is 32.4 Å². The highest BCUT2D eigenvalue weighted by Gasteiger charge is 2.07. The summed E-state index contributed by atoms with van der Waals surface area (Å²) < 4.78 is 23.2. The molecule has 106 valence electrons. The molecule has 0 saturated carbocycles. The Labute approximate surface area is 114 Å². The van der Waals surface area contributed by atoms with Crippen molar-refractivity contribution in [3.63, 3.8) is 0 Å². The molecule has 0 spiro atoms. The minimum atomic E-state index is -0.446. The average molecular weight is 268 g/mol. The number of aryl methyl sites for hydroxylation is 1. The van der Waals surface area contributed by atoms with Crippen LogP contribution in [-0.2, 0) is 16.0 Å². The second-order valence-electron chi connectivity index (χ2n) is 3.62. The third kappa shape index (κ3) is 4.73. The van der Waals surface area contributed by atoms with E-state index in [1.165, 1.54) is 19.3 Å². The number of benzene rings is 1. The van der Waals surface area contributed by atoms with E-state index >= 15 is 0 Å². The summed E-state index contributed by atoms with van der Waals surface area (Å²) >= 11 is 0. The van der Waals surface area contributed by atoms with Gasteiger partial charge in [-0.3, -0.25) is 0 Å². The van der Waals surface area contributed by atoms with Crippen LogP contribution in [-0.4, -0.2) is 19.7 Å². The molecule has 0 N–H and O–H groups in total. The van der Waals surface area contributed by atoms with Gasteiger partial charge in [-0.15, -0.1) is 0 Å². The Hall–Kier alpha value is -1.84. The molecular formula is C15H21FO3. The van der Waals surface area contributed by atoms with Crippen molar-refractivity contribution in [1.29, 1.82) is 0 Å². The molecule has 3 nitrogen and oxygen atoms in total. The lowest BCUT2D eigenvalue weighted by atomic mass is 10.0. The molecule has 0 amide bonds. The summed E-state index contributed by atoms with van der Waals surface area (Å²) in [4.78, 5) is 11.2. The lowest BCUT2D eigenvalue weighted by Crippen LogP contribution is -1.99. The van der Waals surface area contributed by atoms with E-state index < -0.39 is 11.8 Å². The topological polar surface area (TPSA) is 35.5 Å². The van der Waals surface area contributed by atoms with Gasteiger partial charge in [0.25, 0.3) is 0 Å². The van der Waals surface area contributed by atoms with Crippen molar-refractivity contribution in [3.8, 4) is 5.75 Å². The summed E-state index contributed by atoms with van der Waals surface area (Å²) in [5.41, 5.74) is 1.57. The van der Waals surface area contributed by atoms with Crippen molar-refractivity contribution in [1.82, 2.24) is 0 Å². The number of methoxy groups -OCH3 is 1. The predicted molar refractivity (Wildman–Crippen MR) is 74.7 cm³/mol. The standard InChI is InChI=1S/C14H17FO3.CH4/c1-4-10-9-13(17-3)12(15)8-11(10)6-7-14(16)18-5-2;/h6-9H,4-5H2,1-3H3;1H4/b7-6+;. The van der Waals surface area contributed by atoms with Crippen LogP contribution in [0.2, 0.25) is 0 Å². The minimum Gasteiger partial charge on any atom is -0.494 e. The van der Waals surface area contributed by atoms with E-state index in [4.69, 9.17) is 9.47 Å². The molecule has 0 aliphatic heterocycles. The van der Waals surface area contributed by atoms with Gasteiger partial charge in [0.2, 0.25) is 0 Å². The van der Waals surface area contributed by atoms with Gasteiger partial charge in [0, 0.05) is 6.08 Å². The zero-order valence-electron chi connectivity index (χ0n) is 10.8. The van der Waals surface area contributed by atoms with E-state index in [1.807, 2.05) is 6.92 Å². The molecule has 1 aromatic carbocycles. The van der Waals surface area contributed by atoms with Crippen LogP contribution in [0.4, 0.5) is 4.39 Å². The molecule has 0 aliphatic carbocycles. The van der Waals surface area contributed by atoms with E-state index in [0.717, 1.165) is 12.0 Å². The molecular weight excluding hydrogens is 247 g/mol. The number of carbonyl (C=O) groups excluding carboxylic acids is 1. The fourth-order valence-corrected chi connectivity index (χ4v) is 1.58. The molecule has 0 unspecified atom stereocenters. The highest BCUT2D eigenvalue weighted by molar-refractivity contribution is 5.87. The number of halogens is 1. The van der Waals surface area contributed by atoms with E-state index in [2.05, 4.69) is 0 Å². The van der Waals surface area contributed by atoms with Gasteiger partial charge in [0.05, 0.1) is 13.7 Å². The fourth-order valence-electron chi connectivity index (χ4n) is 1.58. The number of esters is 1. The van der Waals surface area contributed by atoms with Crippen molar-refractivity contribution in [2.24, 2.45) is 0 Å². The molecule has 0 atom stereocenters. The van der Waals surface area contributed by atoms with Gasteiger partial charge in [0.15, 0.2) is 11.6 Å². The summed E-state index contributed by atoms with van der Waals surface area (Å²) in [6.07, 6.45) is 3.57. The molecule has 0 aliphatic rings. The third-order valence-corrected chi connectivity index (χ3v) is 2.48. The molecule has 1 aromatic rings. The first-order valence-electron chi connectivity index (χ1n) is 5.83. The monoisotopic (exact) mass is 268 g/mol. The summed E-state index contributed by atoms with van der Waals surface area (Å²) in [6, 6.07) is 2.99. The molecule has 19 heavy (non-hydrogen) atoms. The Kier molecular flexibility index (Phi) is 7.49. The van der Waals surface area contributed by atoms with E-state index in [0.29, 0.717) is 12.2 Å². The van der Waals surface area contributed by atoms with Gasteiger partial charge in [0.1, 0.15) is 0 Å². The number of hydrogen-bond acceptors (Lipinski definition) is 3. The Balaban J connectivity index is 0.00000324. The predicted octanol–water partition coefficient (Wildman–Crippen LogP) is 3.61. The molecule has 1 rings (SSSR count). The first-order chi connectivity index (χ1) is 8.62. The van der Waals surface area contributed by atoms with Crippen LogP contribution >= 0.6 is 0 Å². The lowest BCUT2D eigenvalue weighted by Gasteiger charge is -2.08. The SMILES string of the molecule is C.CCOC(=O)/C=C/c1cc(F)c(OC)cc1CC. The smallest absolute Gasteiger partial charge is 0.330 e. The molecule has 0 bridgehead atoms. The van der Waals surface area contributed by atoms with Gasteiger partial charge in [-0.05, 0) is 42.7 Å². The quantitative estimate of drug-likeness (QED) is 0.604. The first kappa shape index (κ1) is 17.2. The van der Waals surface area contributed by atoms with Crippen LogP contribution in [0.3, 0.4) is 0 Å². The third-order valence-electron chi connectivity index (χ3n) is 2.48. The normalized spacial score (nSPS) is 10.1. The molecule has 0 saturated heterocycles. The van der Waals surface area contributed by atoms with Crippen LogP contribution in [0, 0.1) is 5.82 Å². The number of carbonyl (C=O) groups is 1. The first-order valence-corrected chi connectivity index (χ1v) is 5.83. The van der Waals surface area contributed by atoms with Gasteiger partial charge < -0.3 is 9.47 Å². The summed E-state index contributed by atoms with van der Waals surface area (Å²) in [6.45, 7) is 4.01. The number of ether oxygens (including phenoxy) is 2. The molecule has 4 heteroatoms. The van der Waals surface area contributed by atoms with E-state index in [-0.39, 0.29) is 13.2 Å². The average Bonchev–Trinajstić information content (AvgIpc) is 2.36. The van der Waals surface area contributed by atoms with Crippen molar-refractivity contribution >= 4 is 12.0 Å². The van der Waals surface area contributed by atoms with Crippen molar-refractivity contribution in [3.05, 3.63) is 35.2 Å². The summed E-state index contributed by atoms with van der Waals surface area (Å²) in [7, 11) is 1.42. The number of hydrogen-bond donors (Lipinski definition) is 0. The van der Waals surface area contributed by atoms with Crippen molar-refractivity contribution in [2.75, 3.05) is 13.7 Å². The molecule has 0 aromatic heterocycles. The van der Waals surface area contributed by atoms with Crippen LogP contribution in [0.15, 0.2) is 18.2 Å². The second-order valence-corrected chi connectivity index (χ2v) is 3.62. The van der Waals surface area contributed by atoms with Crippen molar-refractivity contribution in [2.45, 2.75) is 27.7 Å². The zero-order chi connectivity index (χ0) is 13.5. The van der Waals surface area contributed by atoms with Crippen LogP contribution < -0.4 is 4.74 Å². The minimum absolute atomic E-state index is 0. The van der Waals surface area contributed by atoms with Gasteiger partial charge >= 0.3 is 5.97 Å². The number of rotatable bonds is 5. The molecule has 0 heterocycles. The van der Waals surface area contributed by atoms with E-state index in [9.17, 15) is 9.18 Å².